The van der Waals surface area contributed by atoms with Crippen molar-refractivity contribution in [3.05, 3.63) is 87.5 Å². The monoisotopic (exact) mass is 566 g/mol. The number of aromatic amines is 1. The van der Waals surface area contributed by atoms with Crippen LogP contribution >= 0.6 is 23.2 Å². The first-order valence-corrected chi connectivity index (χ1v) is 12.8. The number of carbonyl (C=O) groups is 2. The van der Waals surface area contributed by atoms with Gasteiger partial charge in [0.1, 0.15) is 16.5 Å². The molecule has 0 bridgehead atoms. The molecular formula is C29H24Cl2N2O6. The lowest BCUT2D eigenvalue weighted by molar-refractivity contribution is -0.132. The van der Waals surface area contributed by atoms with E-state index in [1.165, 1.54) is 25.2 Å². The molecular weight excluding hydrogens is 543 g/mol. The maximum Gasteiger partial charge on any atom is 0.300 e. The Balaban J connectivity index is 1.78. The fraction of sp³-hybridized carbons (Fsp3) is 0.172. The predicted molar refractivity (Wildman–Crippen MR) is 150 cm³/mol. The summed E-state index contributed by atoms with van der Waals surface area (Å²) < 4.78 is 16.3. The number of fused-ring (bicyclic) bond motifs is 1. The largest absolute Gasteiger partial charge is 0.507 e. The van der Waals surface area contributed by atoms with Gasteiger partial charge in [-0.25, -0.2) is 0 Å². The van der Waals surface area contributed by atoms with Crippen LogP contribution in [0.1, 0.15) is 24.1 Å². The molecule has 1 amide bonds. The Labute approximate surface area is 234 Å². The lowest BCUT2D eigenvalue weighted by Gasteiger charge is -2.25. The van der Waals surface area contributed by atoms with Gasteiger partial charge in [-0.15, -0.1) is 0 Å². The Morgan fingerprint density at radius 1 is 1.03 bits per heavy atom. The van der Waals surface area contributed by atoms with Crippen molar-refractivity contribution in [2.45, 2.75) is 13.0 Å². The predicted octanol–water partition coefficient (Wildman–Crippen LogP) is 6.52. The van der Waals surface area contributed by atoms with Crippen molar-refractivity contribution in [2.24, 2.45) is 0 Å². The minimum absolute atomic E-state index is 0.0124. The summed E-state index contributed by atoms with van der Waals surface area (Å²) in [6.07, 6.45) is 1.72. The second-order valence-corrected chi connectivity index (χ2v) is 9.46. The first-order valence-electron chi connectivity index (χ1n) is 12.0. The second-order valence-electron chi connectivity index (χ2n) is 8.67. The number of Topliss-reactive ketones (excluding diaryl/α,β-unsaturated/α-hetero) is 1. The lowest BCUT2D eigenvalue weighted by atomic mass is 9.94. The molecule has 8 nitrogen and oxygen atoms in total. The van der Waals surface area contributed by atoms with Gasteiger partial charge in [0.15, 0.2) is 11.5 Å². The molecule has 200 valence electrons. The molecule has 2 heterocycles. The molecule has 0 aliphatic carbocycles. The van der Waals surface area contributed by atoms with E-state index in [-0.39, 0.29) is 32.7 Å². The molecule has 1 atom stereocenters. The number of anilines is 1. The molecule has 4 aromatic rings. The van der Waals surface area contributed by atoms with Gasteiger partial charge < -0.3 is 24.3 Å². The van der Waals surface area contributed by atoms with Crippen LogP contribution in [-0.2, 0) is 9.59 Å². The zero-order valence-electron chi connectivity index (χ0n) is 21.2. The highest BCUT2D eigenvalue weighted by molar-refractivity contribution is 6.52. The van der Waals surface area contributed by atoms with Crippen molar-refractivity contribution in [1.29, 1.82) is 0 Å². The van der Waals surface area contributed by atoms with Gasteiger partial charge in [-0.3, -0.25) is 14.5 Å². The normalized spacial score (nSPS) is 16.6. The van der Waals surface area contributed by atoms with Crippen molar-refractivity contribution < 1.29 is 28.9 Å². The van der Waals surface area contributed by atoms with Gasteiger partial charge in [0, 0.05) is 28.4 Å². The minimum atomic E-state index is -0.983. The van der Waals surface area contributed by atoms with E-state index >= 15 is 0 Å². The average molecular weight is 567 g/mol. The van der Waals surface area contributed by atoms with Crippen LogP contribution in [-0.4, -0.2) is 42.6 Å². The molecule has 1 unspecified atom stereocenters. The summed E-state index contributed by atoms with van der Waals surface area (Å²) in [5.41, 5.74) is 1.77. The standard InChI is InChI=1S/C29H24Cl2N2O6/c1-4-39-16-11-9-15(10-12-16)33-24(19-14-32-21-8-6-5-7-17(19)21)22(26(35)29(33)36)25(34)18-13-20(30)28(38-3)23(31)27(18)37-2/h5-14,24,32,34H,4H2,1-3H3/b25-22+. The van der Waals surface area contributed by atoms with E-state index in [1.54, 1.807) is 30.5 Å². The molecule has 0 saturated carbocycles. The van der Waals surface area contributed by atoms with Crippen molar-refractivity contribution >= 4 is 57.2 Å². The van der Waals surface area contributed by atoms with Crippen LogP contribution in [0, 0.1) is 0 Å². The zero-order valence-corrected chi connectivity index (χ0v) is 22.8. The van der Waals surface area contributed by atoms with Crippen LogP contribution in [0.4, 0.5) is 5.69 Å². The first-order chi connectivity index (χ1) is 18.8. The number of benzene rings is 3. The Hall–Kier alpha value is -4.14. The number of carbonyl (C=O) groups excluding carboxylic acids is 2. The van der Waals surface area contributed by atoms with Crippen molar-refractivity contribution in [3.63, 3.8) is 0 Å². The van der Waals surface area contributed by atoms with Gasteiger partial charge >= 0.3 is 0 Å². The van der Waals surface area contributed by atoms with Crippen LogP contribution < -0.4 is 19.1 Å². The number of nitrogens with zero attached hydrogens (tertiary/aromatic N) is 1. The topological polar surface area (TPSA) is 101 Å². The van der Waals surface area contributed by atoms with E-state index < -0.39 is 23.5 Å². The molecule has 1 saturated heterocycles. The number of aromatic nitrogens is 1. The number of methoxy groups -OCH3 is 2. The van der Waals surface area contributed by atoms with Crippen LogP contribution in [0.5, 0.6) is 17.2 Å². The summed E-state index contributed by atoms with van der Waals surface area (Å²) in [5, 5.41) is 12.6. The van der Waals surface area contributed by atoms with E-state index in [9.17, 15) is 14.7 Å². The quantitative estimate of drug-likeness (QED) is 0.150. The molecule has 1 aromatic heterocycles. The fourth-order valence-corrected chi connectivity index (χ4v) is 5.56. The molecule has 1 fully saturated rings. The number of ketones is 1. The fourth-order valence-electron chi connectivity index (χ4n) is 4.87. The van der Waals surface area contributed by atoms with Gasteiger partial charge in [0.25, 0.3) is 11.7 Å². The van der Waals surface area contributed by atoms with Crippen molar-refractivity contribution in [3.8, 4) is 17.2 Å². The number of rotatable bonds is 7. The van der Waals surface area contributed by atoms with E-state index in [1.807, 2.05) is 31.2 Å². The third-order valence-corrected chi connectivity index (χ3v) is 7.20. The molecule has 3 aromatic carbocycles. The molecule has 0 radical (unpaired) electrons. The number of hydrogen-bond acceptors (Lipinski definition) is 6. The average Bonchev–Trinajstić information content (AvgIpc) is 3.47. The number of para-hydroxylation sites is 1. The van der Waals surface area contributed by atoms with E-state index in [2.05, 4.69) is 4.98 Å². The number of amides is 1. The highest BCUT2D eigenvalue weighted by Crippen LogP contribution is 2.49. The Kier molecular flexibility index (Phi) is 7.16. The van der Waals surface area contributed by atoms with Gasteiger partial charge in [-0.05, 0) is 43.3 Å². The van der Waals surface area contributed by atoms with Crippen LogP contribution in [0.25, 0.3) is 16.7 Å². The van der Waals surface area contributed by atoms with Crippen LogP contribution in [0.2, 0.25) is 10.0 Å². The number of ether oxygens (including phenoxy) is 3. The maximum atomic E-state index is 13.6. The summed E-state index contributed by atoms with van der Waals surface area (Å²) in [7, 11) is 2.76. The summed E-state index contributed by atoms with van der Waals surface area (Å²) >= 11 is 12.8. The number of aliphatic hydroxyl groups is 1. The highest BCUT2D eigenvalue weighted by atomic mass is 35.5. The van der Waals surface area contributed by atoms with E-state index in [4.69, 9.17) is 37.4 Å². The number of halogens is 2. The minimum Gasteiger partial charge on any atom is -0.507 e. The Bertz CT molecular complexity index is 1630. The maximum absolute atomic E-state index is 13.6. The third kappa shape index (κ3) is 4.35. The van der Waals surface area contributed by atoms with E-state index in [0.29, 0.717) is 23.6 Å². The zero-order chi connectivity index (χ0) is 27.8. The second kappa shape index (κ2) is 10.6. The number of hydrogen-bond donors (Lipinski definition) is 2. The number of H-pyrrole nitrogens is 1. The molecule has 10 heteroatoms. The Morgan fingerprint density at radius 2 is 1.72 bits per heavy atom. The van der Waals surface area contributed by atoms with Gasteiger partial charge in [0.05, 0.1) is 43.0 Å². The van der Waals surface area contributed by atoms with E-state index in [0.717, 1.165) is 10.9 Å². The molecule has 1 aliphatic heterocycles. The summed E-state index contributed by atoms with van der Waals surface area (Å²) in [6.45, 7) is 2.35. The first kappa shape index (κ1) is 26.5. The summed E-state index contributed by atoms with van der Waals surface area (Å²) in [5.74, 6) is -1.35. The molecule has 39 heavy (non-hydrogen) atoms. The highest BCUT2D eigenvalue weighted by Gasteiger charge is 2.48. The summed E-state index contributed by atoms with van der Waals surface area (Å²) in [4.78, 5) is 31.8. The molecule has 1 aliphatic rings. The van der Waals surface area contributed by atoms with Gasteiger partial charge in [-0.1, -0.05) is 41.4 Å². The van der Waals surface area contributed by atoms with Gasteiger partial charge in [0.2, 0.25) is 0 Å². The molecule has 5 rings (SSSR count). The SMILES string of the molecule is CCOc1ccc(N2C(=O)C(=O)/C(=C(/O)c3cc(Cl)c(OC)c(Cl)c3OC)C2c2c[nH]c3ccccc23)cc1. The smallest absolute Gasteiger partial charge is 0.300 e. The molecule has 0 spiro atoms. The van der Waals surface area contributed by atoms with Crippen molar-refractivity contribution in [2.75, 3.05) is 25.7 Å². The number of aliphatic hydroxyl groups excluding tert-OH is 1. The number of nitrogens with one attached hydrogen (secondary N) is 1. The lowest BCUT2D eigenvalue weighted by Crippen LogP contribution is -2.29. The van der Waals surface area contributed by atoms with Crippen molar-refractivity contribution in [1.82, 2.24) is 4.98 Å². The van der Waals surface area contributed by atoms with Crippen LogP contribution in [0.3, 0.4) is 0 Å². The Morgan fingerprint density at radius 3 is 2.38 bits per heavy atom. The summed E-state index contributed by atoms with van der Waals surface area (Å²) in [6, 6.07) is 14.7. The van der Waals surface area contributed by atoms with Gasteiger partial charge in [-0.2, -0.15) is 0 Å². The molecule has 2 N–H and O–H groups in total. The van der Waals surface area contributed by atoms with Crippen LogP contribution in [0.15, 0.2) is 66.4 Å². The third-order valence-electron chi connectivity index (χ3n) is 6.58.